The molecule has 0 fully saturated rings. The second-order valence-electron chi connectivity index (χ2n) is 1.79. The Bertz CT molecular complexity index is 242. The van der Waals surface area contributed by atoms with Gasteiger partial charge in [-0.2, -0.15) is 0 Å². The van der Waals surface area contributed by atoms with Crippen LogP contribution in [0.1, 0.15) is 10.4 Å². The molecule has 1 aromatic rings. The highest BCUT2D eigenvalue weighted by Crippen LogP contribution is 2.11. The van der Waals surface area contributed by atoms with Gasteiger partial charge in [0.2, 0.25) is 5.12 Å². The van der Waals surface area contributed by atoms with Gasteiger partial charge < -0.3 is 0 Å². The molecule has 3 heteroatoms. The molecule has 1 aromatic carbocycles. The molecule has 0 aliphatic carbocycles. The third kappa shape index (κ3) is 1.78. The topological polar surface area (TPSA) is 17.1 Å². The summed E-state index contributed by atoms with van der Waals surface area (Å²) in [5, 5.41) is -0.312. The van der Waals surface area contributed by atoms with Gasteiger partial charge in [-0.3, -0.25) is 4.79 Å². The highest BCUT2D eigenvalue weighted by atomic mass is 79.9. The van der Waals surface area contributed by atoms with Crippen molar-refractivity contribution >= 4 is 33.7 Å². The molecule has 0 saturated heterocycles. The van der Waals surface area contributed by atoms with Crippen LogP contribution in [0.25, 0.3) is 0 Å². The molecule has 0 spiro atoms. The van der Waals surface area contributed by atoms with Gasteiger partial charge in [-0.25, -0.2) is 0 Å². The van der Waals surface area contributed by atoms with Gasteiger partial charge in [0.15, 0.2) is 0 Å². The summed E-state index contributed by atoms with van der Waals surface area (Å²) >= 11 is 7.68. The Morgan fingerprint density at radius 2 is 1.80 bits per heavy atom. The van der Waals surface area contributed by atoms with E-state index in [1.54, 1.807) is 24.3 Å². The summed E-state index contributed by atoms with van der Waals surface area (Å²) in [4.78, 5) is 10.6. The minimum absolute atomic E-state index is 0.312. The molecule has 0 N–H and O–H groups in total. The zero-order valence-electron chi connectivity index (χ0n) is 5.00. The van der Waals surface area contributed by atoms with Gasteiger partial charge in [0.25, 0.3) is 0 Å². The lowest BCUT2D eigenvalue weighted by atomic mass is 10.2. The summed E-state index contributed by atoms with van der Waals surface area (Å²) in [7, 11) is 0. The molecule has 0 heterocycles. The van der Waals surface area contributed by atoms with Crippen molar-refractivity contribution in [2.45, 2.75) is 0 Å². The molecule has 1 nitrogen and oxygen atoms in total. The first-order valence-electron chi connectivity index (χ1n) is 2.67. The number of carbonyl (C=O) groups is 1. The second-order valence-corrected chi connectivity index (χ2v) is 3.08. The molecule has 0 amide bonds. The molecule has 0 unspecified atom stereocenters. The maximum absolute atomic E-state index is 10.6. The van der Waals surface area contributed by atoms with Crippen molar-refractivity contribution in [2.24, 2.45) is 0 Å². The maximum atomic E-state index is 10.6. The Morgan fingerprint density at radius 1 is 1.30 bits per heavy atom. The number of rotatable bonds is 1. The van der Waals surface area contributed by atoms with E-state index in [0.29, 0.717) is 5.56 Å². The predicted molar refractivity (Wildman–Crippen MR) is 46.1 cm³/mol. The fourth-order valence-corrected chi connectivity index (χ4v) is 0.986. The van der Waals surface area contributed by atoms with Crippen molar-refractivity contribution in [1.82, 2.24) is 0 Å². The molecule has 10 heavy (non-hydrogen) atoms. The van der Waals surface area contributed by atoms with E-state index in [1.807, 2.05) is 0 Å². The molecular formula is C7H4BrOS. The van der Waals surface area contributed by atoms with Gasteiger partial charge >= 0.3 is 0 Å². The molecule has 0 atom stereocenters. The number of carbonyl (C=O) groups excluding carboxylic acids is 1. The first-order chi connectivity index (χ1) is 4.70. The Labute approximate surface area is 73.0 Å². The third-order valence-electron chi connectivity index (χ3n) is 1.08. The Kier molecular flexibility index (Phi) is 2.40. The van der Waals surface area contributed by atoms with Crippen LogP contribution in [0.5, 0.6) is 0 Å². The average Bonchev–Trinajstić information content (AvgIpc) is 1.88. The molecular weight excluding hydrogens is 212 g/mol. The Morgan fingerprint density at radius 3 is 2.20 bits per heavy atom. The van der Waals surface area contributed by atoms with Crippen LogP contribution in [-0.2, 0) is 0 Å². The summed E-state index contributed by atoms with van der Waals surface area (Å²) in [5.41, 5.74) is 0.568. The van der Waals surface area contributed by atoms with E-state index in [9.17, 15) is 4.79 Å². The number of benzene rings is 1. The lowest BCUT2D eigenvalue weighted by molar-refractivity contribution is 0.109. The first kappa shape index (κ1) is 7.69. The van der Waals surface area contributed by atoms with Crippen molar-refractivity contribution in [1.29, 1.82) is 0 Å². The van der Waals surface area contributed by atoms with Crippen LogP contribution in [0.2, 0.25) is 0 Å². The predicted octanol–water partition coefficient (Wildman–Crippen LogP) is 2.79. The molecule has 0 aliphatic rings. The number of hydrogen-bond acceptors (Lipinski definition) is 1. The Hall–Kier alpha value is -0.410. The second kappa shape index (κ2) is 3.12. The van der Waals surface area contributed by atoms with E-state index in [-0.39, 0.29) is 5.12 Å². The largest absolute Gasteiger partial charge is 0.276 e. The highest BCUT2D eigenvalue weighted by Gasteiger charge is 1.98. The van der Waals surface area contributed by atoms with Gasteiger partial charge in [0, 0.05) is 10.0 Å². The minimum atomic E-state index is -0.312. The van der Waals surface area contributed by atoms with Crippen molar-refractivity contribution in [3.05, 3.63) is 34.3 Å². The minimum Gasteiger partial charge on any atom is -0.276 e. The van der Waals surface area contributed by atoms with Crippen LogP contribution >= 0.6 is 28.6 Å². The normalized spacial score (nSPS) is 9.30. The van der Waals surface area contributed by atoms with Gasteiger partial charge in [-0.1, -0.05) is 15.9 Å². The molecule has 1 rings (SSSR count). The monoisotopic (exact) mass is 215 g/mol. The summed E-state index contributed by atoms with van der Waals surface area (Å²) in [6, 6.07) is 6.97. The summed E-state index contributed by atoms with van der Waals surface area (Å²) in [6.45, 7) is 0. The molecule has 0 aromatic heterocycles. The van der Waals surface area contributed by atoms with E-state index in [2.05, 4.69) is 28.6 Å². The summed E-state index contributed by atoms with van der Waals surface area (Å²) in [6.07, 6.45) is 0. The van der Waals surface area contributed by atoms with Crippen LogP contribution in [0.15, 0.2) is 28.7 Å². The zero-order chi connectivity index (χ0) is 7.56. The zero-order valence-corrected chi connectivity index (χ0v) is 7.41. The van der Waals surface area contributed by atoms with Crippen molar-refractivity contribution < 1.29 is 4.79 Å². The fourth-order valence-electron chi connectivity index (χ4n) is 0.586. The van der Waals surface area contributed by atoms with Crippen molar-refractivity contribution in [2.75, 3.05) is 0 Å². The molecule has 0 aliphatic heterocycles. The lowest BCUT2D eigenvalue weighted by Crippen LogP contribution is -1.85. The van der Waals surface area contributed by atoms with Gasteiger partial charge in [0.1, 0.15) is 0 Å². The van der Waals surface area contributed by atoms with E-state index in [0.717, 1.165) is 4.47 Å². The molecule has 0 saturated carbocycles. The number of hydrogen-bond donors (Lipinski definition) is 0. The average molecular weight is 216 g/mol. The summed E-state index contributed by atoms with van der Waals surface area (Å²) < 4.78 is 0.951. The van der Waals surface area contributed by atoms with Crippen molar-refractivity contribution in [3.63, 3.8) is 0 Å². The van der Waals surface area contributed by atoms with E-state index in [1.165, 1.54) is 0 Å². The van der Waals surface area contributed by atoms with Crippen molar-refractivity contribution in [3.8, 4) is 0 Å². The lowest BCUT2D eigenvalue weighted by Gasteiger charge is -1.91. The van der Waals surface area contributed by atoms with E-state index < -0.39 is 0 Å². The Balaban J connectivity index is 3.00. The SMILES string of the molecule is O=C([S])c1ccc(Br)cc1. The van der Waals surface area contributed by atoms with Gasteiger partial charge in [-0.05, 0) is 36.9 Å². The van der Waals surface area contributed by atoms with Crippen LogP contribution in [0, 0.1) is 0 Å². The van der Waals surface area contributed by atoms with E-state index in [4.69, 9.17) is 0 Å². The fraction of sp³-hybridized carbons (Fsp3) is 0. The standard InChI is InChI=1S/C7H4BrOS/c8-6-3-1-5(2-4-6)7(9)10/h1-4H. The van der Waals surface area contributed by atoms with Crippen LogP contribution in [0.3, 0.4) is 0 Å². The summed E-state index contributed by atoms with van der Waals surface area (Å²) in [5.74, 6) is 0. The third-order valence-corrected chi connectivity index (χ3v) is 1.84. The molecule has 51 valence electrons. The van der Waals surface area contributed by atoms with E-state index >= 15 is 0 Å². The smallest absolute Gasteiger partial charge is 0.249 e. The highest BCUT2D eigenvalue weighted by molar-refractivity contribution is 9.10. The van der Waals surface area contributed by atoms with Crippen LogP contribution in [0.4, 0.5) is 0 Å². The van der Waals surface area contributed by atoms with Crippen LogP contribution in [-0.4, -0.2) is 5.12 Å². The quantitative estimate of drug-likeness (QED) is 0.705. The molecule has 1 radical (unpaired) electrons. The first-order valence-corrected chi connectivity index (χ1v) is 3.87. The molecule has 0 bridgehead atoms. The van der Waals surface area contributed by atoms with Gasteiger partial charge in [0.05, 0.1) is 0 Å². The number of halogens is 1. The maximum Gasteiger partial charge on any atom is 0.249 e. The van der Waals surface area contributed by atoms with Crippen LogP contribution < -0.4 is 0 Å². The van der Waals surface area contributed by atoms with Gasteiger partial charge in [-0.15, -0.1) is 0 Å².